The average molecular weight is 563 g/mol. The number of hydrogen-bond donors (Lipinski definition) is 0. The molecule has 0 unspecified atom stereocenters. The Morgan fingerprint density at radius 3 is 2.50 bits per heavy atom. The van der Waals surface area contributed by atoms with Gasteiger partial charge in [0, 0.05) is 18.8 Å². The quantitative estimate of drug-likeness (QED) is 0.262. The van der Waals surface area contributed by atoms with Crippen LogP contribution in [0.3, 0.4) is 0 Å². The molecule has 0 spiro atoms. The first-order valence-electron chi connectivity index (χ1n) is 15.2. The molecule has 216 valence electrons. The fraction of sp³-hybridized carbons (Fsp3) is 0.371. The Balaban J connectivity index is 1.18. The fourth-order valence-electron chi connectivity index (χ4n) is 6.08. The van der Waals surface area contributed by atoms with Crippen molar-refractivity contribution in [2.45, 2.75) is 51.9 Å². The van der Waals surface area contributed by atoms with Gasteiger partial charge in [-0.25, -0.2) is 5.06 Å². The van der Waals surface area contributed by atoms with Crippen LogP contribution in [0.4, 0.5) is 11.4 Å². The second-order valence-electron chi connectivity index (χ2n) is 11.0. The van der Waals surface area contributed by atoms with Gasteiger partial charge in [0.2, 0.25) is 0 Å². The van der Waals surface area contributed by atoms with Crippen LogP contribution in [-0.4, -0.2) is 43.9 Å². The van der Waals surface area contributed by atoms with Crippen molar-refractivity contribution in [3.05, 3.63) is 94.2 Å². The number of ether oxygens (including phenoxy) is 2. The van der Waals surface area contributed by atoms with Crippen molar-refractivity contribution in [1.82, 2.24) is 5.06 Å². The number of benzene rings is 3. The zero-order valence-corrected chi connectivity index (χ0v) is 24.3. The standard InChI is InChI=1S/C35H38N4O3/c1-2-40-31-16-14-26(15-17-31)9-5-6-20-39-35(37-33-13-4-3-10-30(33)24-36)42-32(25-41-39)23-27-21-28-11-7-18-38-19-8-12-29(22-27)34(28)38/h3-4,10,13-17,21-23H,2,5-9,11-12,18-20,25H2,1H3/b32-23+,37-35-. The summed E-state index contributed by atoms with van der Waals surface area (Å²) in [5.74, 6) is 1.61. The smallest absolute Gasteiger partial charge is 0.322 e. The molecule has 3 aromatic rings. The van der Waals surface area contributed by atoms with Crippen molar-refractivity contribution >= 4 is 23.5 Å². The number of nitriles is 1. The third-order valence-corrected chi connectivity index (χ3v) is 8.03. The van der Waals surface area contributed by atoms with E-state index >= 15 is 0 Å². The first-order chi connectivity index (χ1) is 20.7. The molecule has 0 aromatic heterocycles. The summed E-state index contributed by atoms with van der Waals surface area (Å²) in [5, 5.41) is 11.4. The number of hydroxylamine groups is 2. The van der Waals surface area contributed by atoms with Gasteiger partial charge < -0.3 is 14.4 Å². The predicted octanol–water partition coefficient (Wildman–Crippen LogP) is 6.97. The van der Waals surface area contributed by atoms with Crippen molar-refractivity contribution in [2.75, 3.05) is 37.7 Å². The van der Waals surface area contributed by atoms with Gasteiger partial charge in [-0.15, -0.1) is 0 Å². The summed E-state index contributed by atoms with van der Waals surface area (Å²) in [4.78, 5) is 13.5. The van der Waals surface area contributed by atoms with Gasteiger partial charge in [0.1, 0.15) is 24.2 Å². The van der Waals surface area contributed by atoms with Gasteiger partial charge in [-0.1, -0.05) is 24.3 Å². The second-order valence-corrected chi connectivity index (χ2v) is 11.0. The molecule has 1 saturated heterocycles. The number of para-hydroxylation sites is 1. The normalized spacial score (nSPS) is 18.0. The van der Waals surface area contributed by atoms with Gasteiger partial charge in [0.15, 0.2) is 0 Å². The molecule has 0 atom stereocenters. The van der Waals surface area contributed by atoms with E-state index in [2.05, 4.69) is 41.3 Å². The van der Waals surface area contributed by atoms with E-state index in [9.17, 15) is 5.26 Å². The second kappa shape index (κ2) is 13.1. The van der Waals surface area contributed by atoms with Crippen molar-refractivity contribution < 1.29 is 14.3 Å². The molecule has 0 radical (unpaired) electrons. The van der Waals surface area contributed by atoms with Gasteiger partial charge in [0.25, 0.3) is 0 Å². The fourth-order valence-corrected chi connectivity index (χ4v) is 6.08. The number of aryl methyl sites for hydroxylation is 3. The van der Waals surface area contributed by atoms with E-state index in [1.165, 1.54) is 35.2 Å². The lowest BCUT2D eigenvalue weighted by atomic mass is 9.90. The van der Waals surface area contributed by atoms with E-state index in [0.717, 1.165) is 56.5 Å². The molecule has 7 nitrogen and oxygen atoms in total. The number of aliphatic imine (C=N–C) groups is 1. The van der Waals surface area contributed by atoms with Crippen LogP contribution in [0.25, 0.3) is 6.08 Å². The molecular weight excluding hydrogens is 524 g/mol. The Labute approximate surface area is 248 Å². The van der Waals surface area contributed by atoms with Gasteiger partial charge in [0.05, 0.1) is 24.4 Å². The summed E-state index contributed by atoms with van der Waals surface area (Å²) < 4.78 is 11.9. The minimum Gasteiger partial charge on any atom is -0.494 e. The van der Waals surface area contributed by atoms with Crippen molar-refractivity contribution in [2.24, 2.45) is 4.99 Å². The lowest BCUT2D eigenvalue weighted by molar-refractivity contribution is -0.134. The van der Waals surface area contributed by atoms with Gasteiger partial charge >= 0.3 is 6.02 Å². The summed E-state index contributed by atoms with van der Waals surface area (Å²) >= 11 is 0. The van der Waals surface area contributed by atoms with Crippen LogP contribution in [0, 0.1) is 11.3 Å². The van der Waals surface area contributed by atoms with Crippen LogP contribution in [0.1, 0.15) is 60.4 Å². The maximum absolute atomic E-state index is 9.63. The SMILES string of the molecule is CCOc1ccc(CCCCN2OC/C(=C\c3cc4c5c(c3)CCCN5CCC4)O/C2=N\c2ccccc2C#N)cc1. The lowest BCUT2D eigenvalue weighted by Crippen LogP contribution is -2.39. The minimum absolute atomic E-state index is 0.330. The Hall–Kier alpha value is -4.28. The zero-order chi connectivity index (χ0) is 28.7. The third kappa shape index (κ3) is 6.45. The maximum atomic E-state index is 9.63. The van der Waals surface area contributed by atoms with Gasteiger partial charge in [-0.3, -0.25) is 4.84 Å². The number of anilines is 1. The van der Waals surface area contributed by atoms with Crippen molar-refractivity contribution in [3.8, 4) is 11.8 Å². The number of unbranched alkanes of at least 4 members (excludes halogenated alkanes) is 1. The summed E-state index contributed by atoms with van der Waals surface area (Å²) in [7, 11) is 0. The maximum Gasteiger partial charge on any atom is 0.322 e. The molecule has 42 heavy (non-hydrogen) atoms. The molecule has 0 bridgehead atoms. The summed E-state index contributed by atoms with van der Waals surface area (Å²) in [6, 6.07) is 22.8. The highest BCUT2D eigenvalue weighted by Crippen LogP contribution is 2.36. The highest BCUT2D eigenvalue weighted by atomic mass is 16.7. The first-order valence-corrected chi connectivity index (χ1v) is 15.2. The molecular formula is C35H38N4O3. The zero-order valence-electron chi connectivity index (χ0n) is 24.3. The molecule has 3 aliphatic rings. The Kier molecular flexibility index (Phi) is 8.72. The van der Waals surface area contributed by atoms with Crippen molar-refractivity contribution in [3.63, 3.8) is 0 Å². The van der Waals surface area contributed by atoms with Crippen LogP contribution < -0.4 is 9.64 Å². The topological polar surface area (TPSA) is 70.3 Å². The molecule has 3 aliphatic heterocycles. The minimum atomic E-state index is 0.330. The first kappa shape index (κ1) is 27.9. The van der Waals surface area contributed by atoms with Crippen LogP contribution in [-0.2, 0) is 28.8 Å². The molecule has 3 heterocycles. The Bertz CT molecular complexity index is 1470. The van der Waals surface area contributed by atoms with E-state index < -0.39 is 0 Å². The molecule has 7 heteroatoms. The van der Waals surface area contributed by atoms with Crippen LogP contribution in [0.15, 0.2) is 71.4 Å². The van der Waals surface area contributed by atoms with E-state index in [0.29, 0.717) is 42.8 Å². The molecule has 0 saturated carbocycles. The highest BCUT2D eigenvalue weighted by Gasteiger charge is 2.26. The lowest BCUT2D eigenvalue weighted by Gasteiger charge is -2.37. The van der Waals surface area contributed by atoms with Crippen LogP contribution in [0.2, 0.25) is 0 Å². The summed E-state index contributed by atoms with van der Waals surface area (Å²) in [6.45, 7) is 5.96. The van der Waals surface area contributed by atoms with E-state index in [1.807, 2.05) is 37.3 Å². The molecule has 0 amide bonds. The van der Waals surface area contributed by atoms with E-state index in [1.54, 1.807) is 11.1 Å². The summed E-state index contributed by atoms with van der Waals surface area (Å²) in [6.07, 6.45) is 9.59. The van der Waals surface area contributed by atoms with Gasteiger partial charge in [-0.2, -0.15) is 10.3 Å². The van der Waals surface area contributed by atoms with Crippen molar-refractivity contribution in [1.29, 1.82) is 5.26 Å². The summed E-state index contributed by atoms with van der Waals surface area (Å²) in [5.41, 5.74) is 7.83. The molecule has 3 aromatic carbocycles. The molecule has 0 aliphatic carbocycles. The average Bonchev–Trinajstić information content (AvgIpc) is 3.02. The Morgan fingerprint density at radius 1 is 1.00 bits per heavy atom. The number of rotatable bonds is 9. The van der Waals surface area contributed by atoms with Crippen LogP contribution >= 0.6 is 0 Å². The number of hydrogen-bond acceptors (Lipinski definition) is 6. The third-order valence-electron chi connectivity index (χ3n) is 8.03. The monoisotopic (exact) mass is 562 g/mol. The van der Waals surface area contributed by atoms with E-state index in [-0.39, 0.29) is 0 Å². The Morgan fingerprint density at radius 2 is 1.76 bits per heavy atom. The molecule has 0 N–H and O–H groups in total. The van der Waals surface area contributed by atoms with E-state index in [4.69, 9.17) is 19.3 Å². The molecule has 1 fully saturated rings. The highest BCUT2D eigenvalue weighted by molar-refractivity contribution is 5.80. The number of amidine groups is 1. The predicted molar refractivity (Wildman–Crippen MR) is 166 cm³/mol. The molecule has 6 rings (SSSR count). The number of nitrogens with zero attached hydrogens (tertiary/aromatic N) is 4. The van der Waals surface area contributed by atoms with Gasteiger partial charge in [-0.05, 0) is 117 Å². The van der Waals surface area contributed by atoms with Crippen LogP contribution in [0.5, 0.6) is 5.75 Å². The largest absolute Gasteiger partial charge is 0.494 e.